The second-order valence-corrected chi connectivity index (χ2v) is 7.37. The largest absolute Gasteiger partial charge is 0.304 e. The molecule has 0 aliphatic carbocycles. The smallest absolute Gasteiger partial charge is 0.0888 e. The Kier molecular flexibility index (Phi) is 4.61. The van der Waals surface area contributed by atoms with Crippen molar-refractivity contribution in [2.75, 3.05) is 6.54 Å². The normalized spacial score (nSPS) is 13.7. The van der Waals surface area contributed by atoms with E-state index in [1.54, 1.807) is 0 Å². The molecular formula is C13H20BrN5S. The second-order valence-electron chi connectivity index (χ2n) is 5.73. The Hall–Kier alpha value is -0.790. The van der Waals surface area contributed by atoms with Gasteiger partial charge in [0.1, 0.15) is 0 Å². The first kappa shape index (κ1) is 15.6. The average Bonchev–Trinajstić information content (AvgIpc) is 2.94. The molecule has 0 aromatic carbocycles. The van der Waals surface area contributed by atoms with Gasteiger partial charge in [-0.3, -0.25) is 4.68 Å². The third-order valence-electron chi connectivity index (χ3n) is 3.11. The zero-order valence-electron chi connectivity index (χ0n) is 12.4. The topological polar surface area (TPSA) is 55.6 Å². The average molecular weight is 358 g/mol. The molecule has 0 aliphatic heterocycles. The van der Waals surface area contributed by atoms with Gasteiger partial charge in [-0.05, 0) is 34.0 Å². The van der Waals surface area contributed by atoms with Crippen LogP contribution >= 0.6 is 27.5 Å². The molecule has 0 fully saturated rings. The summed E-state index contributed by atoms with van der Waals surface area (Å²) in [5.74, 6) is 0. The Labute approximate surface area is 132 Å². The summed E-state index contributed by atoms with van der Waals surface area (Å²) in [6.07, 6.45) is 1.82. The molecule has 2 aromatic rings. The molecule has 0 saturated heterocycles. The van der Waals surface area contributed by atoms with Crippen molar-refractivity contribution >= 4 is 27.5 Å². The number of nitrogens with one attached hydrogen (secondary N) is 1. The van der Waals surface area contributed by atoms with Gasteiger partial charge in [-0.2, -0.15) is 5.10 Å². The van der Waals surface area contributed by atoms with Crippen molar-refractivity contribution < 1.29 is 0 Å². The Morgan fingerprint density at radius 3 is 2.65 bits per heavy atom. The van der Waals surface area contributed by atoms with Crippen molar-refractivity contribution in [1.29, 1.82) is 0 Å². The van der Waals surface area contributed by atoms with Crippen molar-refractivity contribution in [3.63, 3.8) is 0 Å². The molecule has 2 aromatic heterocycles. The highest BCUT2D eigenvalue weighted by Crippen LogP contribution is 2.35. The molecule has 5 nitrogen and oxygen atoms in total. The summed E-state index contributed by atoms with van der Waals surface area (Å²) in [6, 6.07) is 0.0519. The van der Waals surface area contributed by atoms with Gasteiger partial charge in [-0.15, -0.1) is 5.10 Å². The van der Waals surface area contributed by atoms with Gasteiger partial charge in [0.15, 0.2) is 0 Å². The van der Waals surface area contributed by atoms with E-state index < -0.39 is 0 Å². The van der Waals surface area contributed by atoms with Crippen LogP contribution in [0.1, 0.15) is 50.0 Å². The van der Waals surface area contributed by atoms with Gasteiger partial charge in [0.05, 0.1) is 33.0 Å². The van der Waals surface area contributed by atoms with Crippen molar-refractivity contribution in [3.8, 4) is 0 Å². The van der Waals surface area contributed by atoms with Crippen LogP contribution in [0.4, 0.5) is 0 Å². The summed E-state index contributed by atoms with van der Waals surface area (Å²) in [5.41, 5.74) is 2.12. The van der Waals surface area contributed by atoms with Crippen LogP contribution in [0.2, 0.25) is 0 Å². The van der Waals surface area contributed by atoms with Crippen molar-refractivity contribution in [2.45, 2.75) is 39.2 Å². The lowest BCUT2D eigenvalue weighted by molar-refractivity contribution is 0.529. The van der Waals surface area contributed by atoms with Crippen LogP contribution in [-0.4, -0.2) is 25.9 Å². The highest BCUT2D eigenvalue weighted by atomic mass is 79.9. The van der Waals surface area contributed by atoms with Gasteiger partial charge >= 0.3 is 0 Å². The molecule has 2 heterocycles. The summed E-state index contributed by atoms with van der Waals surface area (Å²) in [6.45, 7) is 9.45. The zero-order chi connectivity index (χ0) is 14.9. The predicted molar refractivity (Wildman–Crippen MR) is 85.0 cm³/mol. The number of nitrogens with zero attached hydrogens (tertiary/aromatic N) is 4. The van der Waals surface area contributed by atoms with Crippen LogP contribution in [-0.2, 0) is 12.5 Å². The molecule has 20 heavy (non-hydrogen) atoms. The minimum Gasteiger partial charge on any atom is -0.304 e. The Bertz CT molecular complexity index is 564. The Morgan fingerprint density at radius 2 is 2.15 bits per heavy atom. The highest BCUT2D eigenvalue weighted by Gasteiger charge is 2.30. The Morgan fingerprint density at radius 1 is 1.45 bits per heavy atom. The molecule has 0 bridgehead atoms. The first-order chi connectivity index (χ1) is 9.36. The maximum atomic E-state index is 4.34. The van der Waals surface area contributed by atoms with Gasteiger partial charge in [0.25, 0.3) is 0 Å². The Balaban J connectivity index is 2.53. The molecule has 0 aliphatic rings. The van der Waals surface area contributed by atoms with E-state index in [0.29, 0.717) is 0 Å². The number of halogens is 1. The van der Waals surface area contributed by atoms with Gasteiger partial charge in [0, 0.05) is 12.5 Å². The summed E-state index contributed by atoms with van der Waals surface area (Å²) < 4.78 is 7.06. The van der Waals surface area contributed by atoms with E-state index in [0.717, 1.165) is 27.3 Å². The predicted octanol–water partition coefficient (Wildman–Crippen LogP) is 3.03. The maximum absolute atomic E-state index is 4.34. The fourth-order valence-corrected chi connectivity index (χ4v) is 3.69. The lowest BCUT2D eigenvalue weighted by Gasteiger charge is -2.23. The first-order valence-electron chi connectivity index (χ1n) is 6.59. The van der Waals surface area contributed by atoms with Gasteiger partial charge in [-0.25, -0.2) is 0 Å². The molecule has 0 saturated carbocycles. The van der Waals surface area contributed by atoms with Gasteiger partial charge in [0.2, 0.25) is 0 Å². The molecule has 1 unspecified atom stereocenters. The minimum atomic E-state index is -0.0267. The van der Waals surface area contributed by atoms with Crippen LogP contribution < -0.4 is 5.32 Å². The van der Waals surface area contributed by atoms with Crippen molar-refractivity contribution in [1.82, 2.24) is 24.7 Å². The summed E-state index contributed by atoms with van der Waals surface area (Å²) in [7, 11) is 1.95. The number of hydrogen-bond acceptors (Lipinski definition) is 5. The van der Waals surface area contributed by atoms with E-state index in [4.69, 9.17) is 0 Å². The molecule has 7 heteroatoms. The monoisotopic (exact) mass is 357 g/mol. The SMILES string of the molecule is CCNC(c1snnc1C(C)(C)C)c1c(Br)cnn1C. The van der Waals surface area contributed by atoms with E-state index in [2.05, 4.69) is 63.6 Å². The third kappa shape index (κ3) is 2.94. The molecule has 110 valence electrons. The van der Waals surface area contributed by atoms with E-state index in [1.807, 2.05) is 17.9 Å². The van der Waals surface area contributed by atoms with E-state index in [9.17, 15) is 0 Å². The molecule has 2 rings (SSSR count). The van der Waals surface area contributed by atoms with Gasteiger partial charge in [-0.1, -0.05) is 32.2 Å². The van der Waals surface area contributed by atoms with Crippen LogP contribution in [0.25, 0.3) is 0 Å². The first-order valence-corrected chi connectivity index (χ1v) is 8.16. The number of aromatic nitrogens is 4. The lowest BCUT2D eigenvalue weighted by Crippen LogP contribution is -2.27. The molecular weight excluding hydrogens is 338 g/mol. The summed E-state index contributed by atoms with van der Waals surface area (Å²) >= 11 is 5.04. The van der Waals surface area contributed by atoms with E-state index in [-0.39, 0.29) is 11.5 Å². The van der Waals surface area contributed by atoms with Crippen molar-refractivity contribution in [2.24, 2.45) is 7.05 Å². The highest BCUT2D eigenvalue weighted by molar-refractivity contribution is 9.10. The fraction of sp³-hybridized carbons (Fsp3) is 0.615. The molecule has 0 amide bonds. The quantitative estimate of drug-likeness (QED) is 0.913. The van der Waals surface area contributed by atoms with Crippen LogP contribution in [0.5, 0.6) is 0 Å². The van der Waals surface area contributed by atoms with Crippen LogP contribution in [0.3, 0.4) is 0 Å². The lowest BCUT2D eigenvalue weighted by atomic mass is 9.89. The summed E-state index contributed by atoms with van der Waals surface area (Å²) in [4.78, 5) is 1.16. The maximum Gasteiger partial charge on any atom is 0.0888 e. The molecule has 0 radical (unpaired) electrons. The van der Waals surface area contributed by atoms with Gasteiger partial charge < -0.3 is 5.32 Å². The number of hydrogen-bond donors (Lipinski definition) is 1. The third-order valence-corrected chi connectivity index (χ3v) is 4.51. The fourth-order valence-electron chi connectivity index (χ4n) is 2.17. The van der Waals surface area contributed by atoms with E-state index in [1.165, 1.54) is 11.5 Å². The second kappa shape index (κ2) is 5.91. The van der Waals surface area contributed by atoms with Crippen molar-refractivity contribution in [3.05, 3.63) is 26.9 Å². The molecule has 1 N–H and O–H groups in total. The number of rotatable bonds is 4. The number of aryl methyl sites for hydroxylation is 1. The standard InChI is InChI=1S/C13H20BrN5S/c1-6-15-9(10-8(14)7-16-19(10)5)11-12(13(2,3)4)17-18-20-11/h7,9,15H,6H2,1-5H3. The van der Waals surface area contributed by atoms with E-state index >= 15 is 0 Å². The van der Waals surface area contributed by atoms with Crippen LogP contribution in [0, 0.1) is 0 Å². The van der Waals surface area contributed by atoms with Crippen LogP contribution in [0.15, 0.2) is 10.7 Å². The molecule has 0 spiro atoms. The zero-order valence-corrected chi connectivity index (χ0v) is 14.8. The summed E-state index contributed by atoms with van der Waals surface area (Å²) in [5, 5.41) is 12.2. The minimum absolute atomic E-state index is 0.0267. The molecule has 1 atom stereocenters.